The molecular formula is C13H22N2O2S3. The molecule has 1 aliphatic rings. The van der Waals surface area contributed by atoms with Crippen molar-refractivity contribution in [1.82, 2.24) is 9.62 Å². The smallest absolute Gasteiger partial charge is 0.252 e. The summed E-state index contributed by atoms with van der Waals surface area (Å²) in [5.74, 6) is 0.803. The van der Waals surface area contributed by atoms with Crippen LogP contribution in [0.1, 0.15) is 24.6 Å². The summed E-state index contributed by atoms with van der Waals surface area (Å²) in [6.07, 6.45) is 4.47. The second-order valence-corrected chi connectivity index (χ2v) is 9.50. The molecule has 0 amide bonds. The van der Waals surface area contributed by atoms with Crippen LogP contribution in [0.25, 0.3) is 0 Å². The predicted octanol–water partition coefficient (Wildman–Crippen LogP) is 2.37. The van der Waals surface area contributed by atoms with Gasteiger partial charge in [0.05, 0.1) is 0 Å². The molecule has 114 valence electrons. The summed E-state index contributed by atoms with van der Waals surface area (Å²) in [5.41, 5.74) is 0. The molecule has 4 nitrogen and oxygen atoms in total. The van der Waals surface area contributed by atoms with Gasteiger partial charge in [-0.25, -0.2) is 8.42 Å². The predicted molar refractivity (Wildman–Crippen MR) is 87.0 cm³/mol. The molecule has 0 aromatic carbocycles. The van der Waals surface area contributed by atoms with E-state index in [0.717, 1.165) is 17.2 Å². The van der Waals surface area contributed by atoms with Crippen LogP contribution in [0.2, 0.25) is 0 Å². The Labute approximate surface area is 130 Å². The van der Waals surface area contributed by atoms with Crippen molar-refractivity contribution in [3.05, 3.63) is 17.0 Å². The average Bonchev–Trinajstić information content (AvgIpc) is 3.11. The summed E-state index contributed by atoms with van der Waals surface area (Å²) < 4.78 is 27.0. The first-order valence-electron chi connectivity index (χ1n) is 6.74. The molecule has 1 N–H and O–H groups in total. The van der Waals surface area contributed by atoms with E-state index in [0.29, 0.717) is 10.3 Å². The van der Waals surface area contributed by atoms with Gasteiger partial charge in [0, 0.05) is 36.3 Å². The van der Waals surface area contributed by atoms with Gasteiger partial charge in [-0.15, -0.1) is 11.3 Å². The molecule has 0 aliphatic heterocycles. The number of nitrogens with one attached hydrogen (secondary N) is 1. The lowest BCUT2D eigenvalue weighted by molar-refractivity contribution is 0.416. The summed E-state index contributed by atoms with van der Waals surface area (Å²) in [4.78, 5) is 1.08. The van der Waals surface area contributed by atoms with Crippen LogP contribution in [0.4, 0.5) is 0 Å². The summed E-state index contributed by atoms with van der Waals surface area (Å²) >= 11 is 3.03. The quantitative estimate of drug-likeness (QED) is 0.793. The summed E-state index contributed by atoms with van der Waals surface area (Å²) in [5, 5.41) is 3.41. The summed E-state index contributed by atoms with van der Waals surface area (Å²) in [6.45, 7) is 2.71. The van der Waals surface area contributed by atoms with Crippen LogP contribution < -0.4 is 5.32 Å². The normalized spacial score (nSPS) is 17.6. The van der Waals surface area contributed by atoms with E-state index in [9.17, 15) is 8.42 Å². The largest absolute Gasteiger partial charge is 0.309 e. The van der Waals surface area contributed by atoms with E-state index < -0.39 is 10.0 Å². The van der Waals surface area contributed by atoms with Crippen LogP contribution in [-0.4, -0.2) is 43.9 Å². The number of hydrogen-bond donors (Lipinski definition) is 1. The topological polar surface area (TPSA) is 49.4 Å². The first-order valence-corrected chi connectivity index (χ1v) is 10.4. The van der Waals surface area contributed by atoms with Crippen molar-refractivity contribution in [3.63, 3.8) is 0 Å². The van der Waals surface area contributed by atoms with E-state index >= 15 is 0 Å². The van der Waals surface area contributed by atoms with E-state index in [4.69, 9.17) is 0 Å². The van der Waals surface area contributed by atoms with Crippen molar-refractivity contribution in [2.75, 3.05) is 19.1 Å². The maximum absolute atomic E-state index is 12.5. The monoisotopic (exact) mass is 334 g/mol. The zero-order valence-electron chi connectivity index (χ0n) is 12.1. The van der Waals surface area contributed by atoms with Gasteiger partial charge in [0.1, 0.15) is 4.21 Å². The van der Waals surface area contributed by atoms with Crippen LogP contribution in [0, 0.1) is 0 Å². The van der Waals surface area contributed by atoms with Gasteiger partial charge < -0.3 is 5.32 Å². The average molecular weight is 335 g/mol. The van der Waals surface area contributed by atoms with Gasteiger partial charge in [-0.2, -0.15) is 16.1 Å². The van der Waals surface area contributed by atoms with Gasteiger partial charge in [0.25, 0.3) is 10.0 Å². The molecule has 1 aliphatic carbocycles. The molecule has 1 atom stereocenters. The van der Waals surface area contributed by atoms with Crippen LogP contribution in [0.3, 0.4) is 0 Å². The number of thioether (sulfide) groups is 1. The fourth-order valence-corrected chi connectivity index (χ4v) is 5.50. The maximum Gasteiger partial charge on any atom is 0.252 e. The van der Waals surface area contributed by atoms with E-state index in [1.54, 1.807) is 24.9 Å². The Hall–Kier alpha value is -0.0800. The van der Waals surface area contributed by atoms with E-state index in [2.05, 4.69) is 5.32 Å². The first kappa shape index (κ1) is 16.3. The van der Waals surface area contributed by atoms with Crippen LogP contribution in [0.15, 0.2) is 16.3 Å². The number of rotatable bonds is 8. The maximum atomic E-state index is 12.5. The highest BCUT2D eigenvalue weighted by atomic mass is 32.2. The van der Waals surface area contributed by atoms with Crippen LogP contribution in [0.5, 0.6) is 0 Å². The molecule has 1 aromatic rings. The fourth-order valence-electron chi connectivity index (χ4n) is 1.85. The van der Waals surface area contributed by atoms with E-state index in [-0.39, 0.29) is 6.04 Å². The Morgan fingerprint density at radius 2 is 2.20 bits per heavy atom. The highest BCUT2D eigenvalue weighted by Gasteiger charge is 2.27. The molecule has 1 heterocycles. The van der Waals surface area contributed by atoms with Gasteiger partial charge in [-0.1, -0.05) is 0 Å². The Kier molecular flexibility index (Phi) is 5.53. The third kappa shape index (κ3) is 3.98. The Morgan fingerprint density at radius 3 is 2.80 bits per heavy atom. The zero-order valence-corrected chi connectivity index (χ0v) is 14.6. The summed E-state index contributed by atoms with van der Waals surface area (Å²) in [6, 6.07) is 4.29. The standard InChI is InChI=1S/C13H22N2O2S3/c1-10(9-18-3)15(2)20(16,17)13-7-6-12(19-13)8-14-11-4-5-11/h6-7,10-11,14H,4-5,8-9H2,1-3H3. The van der Waals surface area contributed by atoms with Crippen LogP contribution in [-0.2, 0) is 16.6 Å². The Bertz CT molecular complexity index is 538. The van der Waals surface area contributed by atoms with Crippen LogP contribution >= 0.6 is 23.1 Å². The highest BCUT2D eigenvalue weighted by Crippen LogP contribution is 2.27. The molecular weight excluding hydrogens is 312 g/mol. The molecule has 20 heavy (non-hydrogen) atoms. The summed E-state index contributed by atoms with van der Waals surface area (Å²) in [7, 11) is -1.69. The second-order valence-electron chi connectivity index (χ2n) is 5.20. The van der Waals surface area contributed by atoms with Gasteiger partial charge in [-0.05, 0) is 38.2 Å². The molecule has 1 fully saturated rings. The Balaban J connectivity index is 2.04. The van der Waals surface area contributed by atoms with E-state index in [1.807, 2.05) is 19.2 Å². The van der Waals surface area contributed by atoms with Gasteiger partial charge in [0.15, 0.2) is 0 Å². The lowest BCUT2D eigenvalue weighted by atomic mass is 10.4. The van der Waals surface area contributed by atoms with Crippen molar-refractivity contribution in [1.29, 1.82) is 0 Å². The molecule has 0 bridgehead atoms. The molecule has 7 heteroatoms. The van der Waals surface area contributed by atoms with Crippen molar-refractivity contribution >= 4 is 33.1 Å². The molecule has 0 saturated heterocycles. The molecule has 1 unspecified atom stereocenters. The number of sulfonamides is 1. The SMILES string of the molecule is CSCC(C)N(C)S(=O)(=O)c1ccc(CNC2CC2)s1. The van der Waals surface area contributed by atoms with Gasteiger partial charge >= 0.3 is 0 Å². The fraction of sp³-hybridized carbons (Fsp3) is 0.692. The lowest BCUT2D eigenvalue weighted by Gasteiger charge is -2.22. The minimum Gasteiger partial charge on any atom is -0.309 e. The Morgan fingerprint density at radius 1 is 1.50 bits per heavy atom. The van der Waals surface area contributed by atoms with Crippen molar-refractivity contribution < 1.29 is 8.42 Å². The van der Waals surface area contributed by atoms with Crippen molar-refractivity contribution in [2.45, 2.75) is 42.6 Å². The second kappa shape index (κ2) is 6.79. The minimum absolute atomic E-state index is 0.00476. The molecule has 0 spiro atoms. The number of hydrogen-bond acceptors (Lipinski definition) is 5. The third-order valence-corrected chi connectivity index (χ3v) is 7.78. The number of thiophene rings is 1. The molecule has 0 radical (unpaired) electrons. The zero-order chi connectivity index (χ0) is 14.8. The molecule has 2 rings (SSSR count). The highest BCUT2D eigenvalue weighted by molar-refractivity contribution is 7.98. The van der Waals surface area contributed by atoms with Gasteiger partial charge in [0.2, 0.25) is 0 Å². The molecule has 1 aromatic heterocycles. The number of nitrogens with zero attached hydrogens (tertiary/aromatic N) is 1. The minimum atomic E-state index is -3.35. The van der Waals surface area contributed by atoms with Crippen molar-refractivity contribution in [2.24, 2.45) is 0 Å². The first-order chi connectivity index (χ1) is 9.45. The van der Waals surface area contributed by atoms with Gasteiger partial charge in [-0.3, -0.25) is 0 Å². The van der Waals surface area contributed by atoms with E-state index in [1.165, 1.54) is 28.5 Å². The molecule has 1 saturated carbocycles. The van der Waals surface area contributed by atoms with Crippen molar-refractivity contribution in [3.8, 4) is 0 Å². The third-order valence-electron chi connectivity index (χ3n) is 3.44. The lowest BCUT2D eigenvalue weighted by Crippen LogP contribution is -2.36.